The normalized spacial score (nSPS) is 14.1. The monoisotopic (exact) mass is 409 g/mol. The third kappa shape index (κ3) is 4.54. The van der Waals surface area contributed by atoms with Crippen molar-refractivity contribution in [1.82, 2.24) is 20.1 Å². The fraction of sp³-hybridized carbons (Fsp3) is 0.286. The van der Waals surface area contributed by atoms with Crippen LogP contribution in [0.3, 0.4) is 0 Å². The van der Waals surface area contributed by atoms with Crippen LogP contribution >= 0.6 is 11.8 Å². The highest BCUT2D eigenvalue weighted by Gasteiger charge is 2.23. The summed E-state index contributed by atoms with van der Waals surface area (Å²) in [4.78, 5) is 21.2. The molecule has 1 fully saturated rings. The summed E-state index contributed by atoms with van der Waals surface area (Å²) in [5.74, 6) is 2.02. The molecule has 0 radical (unpaired) electrons. The lowest BCUT2D eigenvalue weighted by Gasteiger charge is -2.36. The fourth-order valence-corrected chi connectivity index (χ4v) is 4.04. The van der Waals surface area contributed by atoms with Gasteiger partial charge in [-0.05, 0) is 12.1 Å². The highest BCUT2D eigenvalue weighted by atomic mass is 32.2. The molecule has 4 rings (SSSR count). The van der Waals surface area contributed by atoms with Crippen LogP contribution in [0, 0.1) is 0 Å². The van der Waals surface area contributed by atoms with Gasteiger partial charge in [0.25, 0.3) is 0 Å². The van der Waals surface area contributed by atoms with Crippen LogP contribution in [0.5, 0.6) is 5.75 Å². The molecule has 1 aromatic heterocycles. The molecule has 0 spiro atoms. The van der Waals surface area contributed by atoms with Crippen molar-refractivity contribution in [3.05, 3.63) is 54.6 Å². The molecule has 150 valence electrons. The van der Waals surface area contributed by atoms with Crippen molar-refractivity contribution in [1.29, 1.82) is 0 Å². The lowest BCUT2D eigenvalue weighted by Crippen LogP contribution is -2.49. The Morgan fingerprint density at radius 2 is 1.79 bits per heavy atom. The number of anilines is 1. The minimum absolute atomic E-state index is 0.112. The van der Waals surface area contributed by atoms with Crippen molar-refractivity contribution in [2.75, 3.05) is 43.9 Å². The van der Waals surface area contributed by atoms with Gasteiger partial charge in [0, 0.05) is 31.7 Å². The van der Waals surface area contributed by atoms with E-state index < -0.39 is 0 Å². The molecule has 0 aliphatic carbocycles. The Labute approximate surface area is 174 Å². The number of nitrogens with zero attached hydrogens (tertiary/aromatic N) is 4. The second kappa shape index (κ2) is 9.00. The zero-order chi connectivity index (χ0) is 20.1. The Morgan fingerprint density at radius 1 is 1.07 bits per heavy atom. The topological polar surface area (TPSA) is 74.3 Å². The van der Waals surface area contributed by atoms with Gasteiger partial charge in [0.1, 0.15) is 5.75 Å². The van der Waals surface area contributed by atoms with Crippen LogP contribution in [0.1, 0.15) is 0 Å². The number of hydrogen-bond donors (Lipinski definition) is 1. The molecule has 1 N–H and O–H groups in total. The van der Waals surface area contributed by atoms with E-state index in [9.17, 15) is 4.79 Å². The first-order chi connectivity index (χ1) is 14.2. The third-order valence-electron chi connectivity index (χ3n) is 4.90. The van der Waals surface area contributed by atoms with E-state index in [0.29, 0.717) is 29.8 Å². The molecule has 1 saturated heterocycles. The number of hydrogen-bond acceptors (Lipinski definition) is 6. The molecule has 2 aromatic carbocycles. The quantitative estimate of drug-likeness (QED) is 0.631. The first kappa shape index (κ1) is 19.3. The number of aromatic amines is 1. The molecule has 8 heteroatoms. The molecule has 3 aromatic rings. The van der Waals surface area contributed by atoms with Gasteiger partial charge in [-0.2, -0.15) is 0 Å². The van der Waals surface area contributed by atoms with Gasteiger partial charge in [-0.15, -0.1) is 5.10 Å². The van der Waals surface area contributed by atoms with E-state index in [-0.39, 0.29) is 5.91 Å². The number of H-pyrrole nitrogens is 1. The van der Waals surface area contributed by atoms with Crippen molar-refractivity contribution in [2.24, 2.45) is 0 Å². The van der Waals surface area contributed by atoms with Crippen LogP contribution in [0.4, 0.5) is 5.69 Å². The van der Waals surface area contributed by atoms with Gasteiger partial charge in [-0.3, -0.25) is 9.89 Å². The number of para-hydroxylation sites is 2. The van der Waals surface area contributed by atoms with E-state index in [4.69, 9.17) is 4.74 Å². The lowest BCUT2D eigenvalue weighted by atomic mass is 10.2. The molecule has 7 nitrogen and oxygen atoms in total. The van der Waals surface area contributed by atoms with Crippen molar-refractivity contribution < 1.29 is 9.53 Å². The molecular formula is C21H23N5O2S. The molecule has 0 atom stereocenters. The molecule has 1 aliphatic heterocycles. The molecule has 1 aliphatic rings. The van der Waals surface area contributed by atoms with Crippen LogP contribution in [-0.2, 0) is 4.79 Å². The summed E-state index contributed by atoms with van der Waals surface area (Å²) < 4.78 is 5.45. The minimum Gasteiger partial charge on any atom is -0.495 e. The van der Waals surface area contributed by atoms with E-state index in [1.54, 1.807) is 7.11 Å². The first-order valence-corrected chi connectivity index (χ1v) is 10.5. The number of thioether (sulfide) groups is 1. The molecule has 0 unspecified atom stereocenters. The number of rotatable bonds is 6. The minimum atomic E-state index is 0.112. The summed E-state index contributed by atoms with van der Waals surface area (Å²) in [7, 11) is 1.68. The second-order valence-corrected chi connectivity index (χ2v) is 7.60. The van der Waals surface area contributed by atoms with E-state index in [0.717, 1.165) is 30.1 Å². The molecule has 2 heterocycles. The zero-order valence-electron chi connectivity index (χ0n) is 16.2. The number of nitrogens with one attached hydrogen (secondary N) is 1. The van der Waals surface area contributed by atoms with Gasteiger partial charge < -0.3 is 14.5 Å². The summed E-state index contributed by atoms with van der Waals surface area (Å²) in [6.07, 6.45) is 0. The van der Waals surface area contributed by atoms with Gasteiger partial charge in [-0.1, -0.05) is 54.2 Å². The number of carbonyl (C=O) groups excluding carboxylic acids is 1. The van der Waals surface area contributed by atoms with Crippen LogP contribution in [-0.4, -0.2) is 65.0 Å². The van der Waals surface area contributed by atoms with Crippen LogP contribution in [0.2, 0.25) is 0 Å². The van der Waals surface area contributed by atoms with Crippen molar-refractivity contribution in [3.63, 3.8) is 0 Å². The summed E-state index contributed by atoms with van der Waals surface area (Å²) in [6.45, 7) is 2.96. The molecular weight excluding hydrogens is 386 g/mol. The number of piperazine rings is 1. The molecule has 1 amide bonds. The van der Waals surface area contributed by atoms with Gasteiger partial charge in [-0.25, -0.2) is 4.98 Å². The summed E-state index contributed by atoms with van der Waals surface area (Å²) in [6, 6.07) is 17.8. The Bertz CT molecular complexity index is 954. The Hall–Kier alpha value is -3.00. The van der Waals surface area contributed by atoms with Gasteiger partial charge in [0.05, 0.1) is 18.6 Å². The fourth-order valence-electron chi connectivity index (χ4n) is 3.34. The number of methoxy groups -OCH3 is 1. The standard InChI is InChI=1S/C21H23N5O2S/c1-28-18-10-6-5-9-17(18)25-11-13-26(14-12-25)19(27)15-29-21-22-20(23-24-21)16-7-3-2-4-8-16/h2-10H,11-15H2,1H3,(H,22,23,24). The van der Waals surface area contributed by atoms with E-state index in [2.05, 4.69) is 26.1 Å². The predicted molar refractivity (Wildman–Crippen MR) is 114 cm³/mol. The van der Waals surface area contributed by atoms with E-state index in [1.807, 2.05) is 53.4 Å². The number of aromatic nitrogens is 3. The largest absolute Gasteiger partial charge is 0.495 e. The summed E-state index contributed by atoms with van der Waals surface area (Å²) in [5, 5.41) is 7.74. The number of amides is 1. The van der Waals surface area contributed by atoms with Crippen molar-refractivity contribution in [2.45, 2.75) is 5.16 Å². The van der Waals surface area contributed by atoms with Crippen LogP contribution in [0.15, 0.2) is 59.8 Å². The Balaban J connectivity index is 1.29. The maximum Gasteiger partial charge on any atom is 0.233 e. The average Bonchev–Trinajstić information content (AvgIpc) is 3.27. The van der Waals surface area contributed by atoms with Crippen molar-refractivity contribution >= 4 is 23.4 Å². The van der Waals surface area contributed by atoms with Gasteiger partial charge in [0.15, 0.2) is 5.82 Å². The number of carbonyl (C=O) groups is 1. The molecule has 29 heavy (non-hydrogen) atoms. The third-order valence-corrected chi connectivity index (χ3v) is 5.73. The number of ether oxygens (including phenoxy) is 1. The number of benzene rings is 2. The van der Waals surface area contributed by atoms with E-state index in [1.165, 1.54) is 11.8 Å². The smallest absolute Gasteiger partial charge is 0.233 e. The van der Waals surface area contributed by atoms with Crippen molar-refractivity contribution in [3.8, 4) is 17.1 Å². The van der Waals surface area contributed by atoms with Crippen LogP contribution < -0.4 is 9.64 Å². The summed E-state index contributed by atoms with van der Waals surface area (Å²) >= 11 is 1.36. The maximum absolute atomic E-state index is 12.6. The Morgan fingerprint density at radius 3 is 2.55 bits per heavy atom. The predicted octanol–water partition coefficient (Wildman–Crippen LogP) is 2.92. The SMILES string of the molecule is COc1ccccc1N1CCN(C(=O)CSc2n[nH]c(-c3ccccc3)n2)CC1. The summed E-state index contributed by atoms with van der Waals surface area (Å²) in [5.41, 5.74) is 2.05. The molecule has 0 bridgehead atoms. The lowest BCUT2D eigenvalue weighted by molar-refractivity contribution is -0.128. The highest BCUT2D eigenvalue weighted by molar-refractivity contribution is 7.99. The van der Waals surface area contributed by atoms with E-state index >= 15 is 0 Å². The second-order valence-electron chi connectivity index (χ2n) is 6.66. The van der Waals surface area contributed by atoms with Gasteiger partial charge in [0.2, 0.25) is 11.1 Å². The van der Waals surface area contributed by atoms with Crippen LogP contribution in [0.25, 0.3) is 11.4 Å². The average molecular weight is 410 g/mol. The highest BCUT2D eigenvalue weighted by Crippen LogP contribution is 2.28. The maximum atomic E-state index is 12.6. The van der Waals surface area contributed by atoms with Gasteiger partial charge >= 0.3 is 0 Å². The molecule has 0 saturated carbocycles. The first-order valence-electron chi connectivity index (χ1n) is 9.51. The zero-order valence-corrected chi connectivity index (χ0v) is 17.1. The Kier molecular flexibility index (Phi) is 6.00.